The third-order valence-corrected chi connectivity index (χ3v) is 3.79. The van der Waals surface area contributed by atoms with Crippen LogP contribution in [0.4, 0.5) is 13.2 Å². The Hall–Kier alpha value is -0.330. The van der Waals surface area contributed by atoms with Crippen LogP contribution in [0.3, 0.4) is 0 Å². The summed E-state index contributed by atoms with van der Waals surface area (Å²) in [6.45, 7) is 1.87. The van der Waals surface area contributed by atoms with Crippen LogP contribution in [0.25, 0.3) is 0 Å². The molecule has 0 amide bonds. The average Bonchev–Trinajstić information content (AvgIpc) is 2.26. The van der Waals surface area contributed by atoms with E-state index < -0.39 is 12.2 Å². The van der Waals surface area contributed by atoms with Crippen LogP contribution in [0.5, 0.6) is 0 Å². The molecule has 0 saturated carbocycles. The number of nitrogens with two attached hydrogens (primary N) is 1. The number of benzene rings is 1. The largest absolute Gasteiger partial charge is 0.407 e. The van der Waals surface area contributed by atoms with Crippen molar-refractivity contribution in [2.75, 3.05) is 0 Å². The molecule has 0 aliphatic carbocycles. The van der Waals surface area contributed by atoms with Gasteiger partial charge in [-0.2, -0.15) is 13.2 Å². The monoisotopic (exact) mass is 267 g/mol. The van der Waals surface area contributed by atoms with E-state index in [4.69, 9.17) is 5.73 Å². The van der Waals surface area contributed by atoms with Crippen molar-refractivity contribution in [1.29, 1.82) is 0 Å². The zero-order chi connectivity index (χ0) is 12.3. The van der Waals surface area contributed by atoms with Gasteiger partial charge in [-0.3, -0.25) is 0 Å². The van der Waals surface area contributed by atoms with Gasteiger partial charge in [-0.05, 0) is 18.1 Å². The molecule has 6 heteroatoms. The zero-order valence-electron chi connectivity index (χ0n) is 8.53. The normalized spacial score (nSPS) is 15.9. The Morgan fingerprint density at radius 2 is 1.88 bits per heavy atom. The van der Waals surface area contributed by atoms with E-state index in [9.17, 15) is 13.2 Å². The van der Waals surface area contributed by atoms with E-state index in [0.717, 1.165) is 5.56 Å². The van der Waals surface area contributed by atoms with Crippen molar-refractivity contribution in [3.05, 3.63) is 35.4 Å². The van der Waals surface area contributed by atoms with Gasteiger partial charge in [0.05, 0.1) is 0 Å². The molecule has 1 rings (SSSR count). The number of halogens is 3. The molecule has 0 bridgehead atoms. The Morgan fingerprint density at radius 3 is 2.38 bits per heavy atom. The van der Waals surface area contributed by atoms with Crippen LogP contribution >= 0.6 is 22.5 Å². The lowest BCUT2D eigenvalue weighted by Crippen LogP contribution is -2.28. The highest BCUT2D eigenvalue weighted by atomic mass is 33.1. The van der Waals surface area contributed by atoms with Crippen LogP contribution in [-0.4, -0.2) is 6.18 Å². The van der Waals surface area contributed by atoms with Crippen molar-refractivity contribution in [3.8, 4) is 0 Å². The van der Waals surface area contributed by atoms with Gasteiger partial charge in [-0.25, -0.2) is 0 Å². The lowest BCUT2D eigenvalue weighted by molar-refractivity contribution is -0.149. The van der Waals surface area contributed by atoms with Gasteiger partial charge < -0.3 is 5.73 Å². The number of hydrogen-bond acceptors (Lipinski definition) is 3. The molecular formula is C10H12F3NS2. The van der Waals surface area contributed by atoms with E-state index in [0.29, 0.717) is 0 Å². The fraction of sp³-hybridized carbons (Fsp3) is 0.400. The van der Waals surface area contributed by atoms with Crippen molar-refractivity contribution in [2.45, 2.75) is 24.4 Å². The van der Waals surface area contributed by atoms with E-state index in [1.165, 1.54) is 22.9 Å². The van der Waals surface area contributed by atoms with Crippen LogP contribution in [0.15, 0.2) is 24.3 Å². The Bertz CT molecular complexity index is 354. The van der Waals surface area contributed by atoms with Crippen LogP contribution in [0.1, 0.15) is 29.3 Å². The Kier molecular flexibility index (Phi) is 4.58. The first kappa shape index (κ1) is 13.7. The predicted octanol–water partition coefficient (Wildman–Crippen LogP) is 3.89. The van der Waals surface area contributed by atoms with E-state index >= 15 is 0 Å². The minimum absolute atomic E-state index is 0.0312. The fourth-order valence-electron chi connectivity index (χ4n) is 1.26. The first-order valence-electron chi connectivity index (χ1n) is 4.58. The maximum Gasteiger partial charge on any atom is 0.407 e. The van der Waals surface area contributed by atoms with Crippen molar-refractivity contribution >= 4 is 22.5 Å². The molecule has 0 spiro atoms. The number of thiol groups is 1. The van der Waals surface area contributed by atoms with Gasteiger partial charge in [-0.15, -0.1) is 11.7 Å². The quantitative estimate of drug-likeness (QED) is 0.642. The SMILES string of the molecule is CC(SS)c1cccc(C(N)C(F)(F)F)c1. The summed E-state index contributed by atoms with van der Waals surface area (Å²) in [5, 5.41) is 0.0312. The van der Waals surface area contributed by atoms with Crippen molar-refractivity contribution in [1.82, 2.24) is 0 Å². The molecule has 90 valence electrons. The Morgan fingerprint density at radius 1 is 1.31 bits per heavy atom. The summed E-state index contributed by atoms with van der Waals surface area (Å²) in [6.07, 6.45) is -4.41. The third-order valence-electron chi connectivity index (χ3n) is 2.25. The summed E-state index contributed by atoms with van der Waals surface area (Å²) in [5.41, 5.74) is 6.00. The summed E-state index contributed by atoms with van der Waals surface area (Å²) < 4.78 is 37.2. The molecular weight excluding hydrogens is 255 g/mol. The van der Waals surface area contributed by atoms with Crippen LogP contribution in [0.2, 0.25) is 0 Å². The second-order valence-corrected chi connectivity index (χ2v) is 4.99. The lowest BCUT2D eigenvalue weighted by atomic mass is 10.0. The third kappa shape index (κ3) is 3.33. The summed E-state index contributed by atoms with van der Waals surface area (Å²) in [4.78, 5) is 0. The molecule has 1 nitrogen and oxygen atoms in total. The highest BCUT2D eigenvalue weighted by Crippen LogP contribution is 2.34. The second kappa shape index (κ2) is 5.33. The summed E-state index contributed by atoms with van der Waals surface area (Å²) in [6, 6.07) is 4.28. The van der Waals surface area contributed by atoms with Gasteiger partial charge >= 0.3 is 6.18 Å². The molecule has 2 N–H and O–H groups in total. The van der Waals surface area contributed by atoms with E-state index in [-0.39, 0.29) is 10.8 Å². The molecule has 0 aromatic heterocycles. The van der Waals surface area contributed by atoms with E-state index in [1.54, 1.807) is 12.1 Å². The molecule has 0 saturated heterocycles. The predicted molar refractivity (Wildman–Crippen MR) is 64.4 cm³/mol. The smallest absolute Gasteiger partial charge is 0.316 e. The van der Waals surface area contributed by atoms with Crippen LogP contribution in [0, 0.1) is 0 Å². The highest BCUT2D eigenvalue weighted by Gasteiger charge is 2.37. The summed E-state index contributed by atoms with van der Waals surface area (Å²) in [5.74, 6) is 0. The topological polar surface area (TPSA) is 26.0 Å². The number of hydrogen-bond donors (Lipinski definition) is 2. The van der Waals surface area contributed by atoms with E-state index in [1.807, 2.05) is 6.92 Å². The van der Waals surface area contributed by atoms with Crippen LogP contribution < -0.4 is 5.73 Å². The summed E-state index contributed by atoms with van der Waals surface area (Å²) >= 11 is 4.03. The minimum atomic E-state index is -4.41. The summed E-state index contributed by atoms with van der Waals surface area (Å²) in [7, 11) is 1.28. The van der Waals surface area contributed by atoms with Crippen LogP contribution in [-0.2, 0) is 0 Å². The first-order valence-corrected chi connectivity index (χ1v) is 6.52. The molecule has 16 heavy (non-hydrogen) atoms. The maximum absolute atomic E-state index is 12.4. The molecule has 0 heterocycles. The molecule has 2 unspecified atom stereocenters. The van der Waals surface area contributed by atoms with Gasteiger partial charge in [0.25, 0.3) is 0 Å². The number of rotatable bonds is 3. The zero-order valence-corrected chi connectivity index (χ0v) is 10.2. The molecule has 1 aromatic carbocycles. The van der Waals surface area contributed by atoms with Gasteiger partial charge in [0.1, 0.15) is 6.04 Å². The second-order valence-electron chi connectivity index (χ2n) is 3.44. The first-order chi connectivity index (χ1) is 7.36. The molecule has 0 fully saturated rings. The molecule has 0 aliphatic heterocycles. The highest BCUT2D eigenvalue weighted by molar-refractivity contribution is 8.68. The molecule has 2 atom stereocenters. The van der Waals surface area contributed by atoms with Crippen molar-refractivity contribution < 1.29 is 13.2 Å². The van der Waals surface area contributed by atoms with Crippen molar-refractivity contribution in [2.24, 2.45) is 5.73 Å². The molecule has 0 radical (unpaired) electrons. The Labute approximate surface area is 101 Å². The van der Waals surface area contributed by atoms with Gasteiger partial charge in [0.2, 0.25) is 0 Å². The standard InChI is InChI=1S/C10H12F3NS2/c1-6(16-15)7-3-2-4-8(5-7)9(14)10(11,12)13/h2-6,9,15H,14H2,1H3. The van der Waals surface area contributed by atoms with Gasteiger partial charge in [0.15, 0.2) is 0 Å². The average molecular weight is 267 g/mol. The van der Waals surface area contributed by atoms with Gasteiger partial charge in [-0.1, -0.05) is 35.1 Å². The molecule has 0 aliphatic rings. The maximum atomic E-state index is 12.4. The Balaban J connectivity index is 2.99. The number of alkyl halides is 3. The fourth-order valence-corrected chi connectivity index (χ4v) is 1.89. The minimum Gasteiger partial charge on any atom is -0.316 e. The van der Waals surface area contributed by atoms with Gasteiger partial charge in [0, 0.05) is 5.25 Å². The molecule has 1 aromatic rings. The lowest BCUT2D eigenvalue weighted by Gasteiger charge is -2.17. The van der Waals surface area contributed by atoms with Crippen molar-refractivity contribution in [3.63, 3.8) is 0 Å². The van der Waals surface area contributed by atoms with E-state index in [2.05, 4.69) is 11.7 Å².